The Morgan fingerprint density at radius 3 is 0.590 bits per heavy atom. The van der Waals surface area contributed by atoms with Crippen LogP contribution in [0.15, 0.2) is 273 Å². The van der Waals surface area contributed by atoms with Crippen LogP contribution >= 0.6 is 37.2 Å². The number of benzene rings is 9. The summed E-state index contributed by atoms with van der Waals surface area (Å²) in [5.41, 5.74) is 11.2. The summed E-state index contributed by atoms with van der Waals surface area (Å²) in [7, 11) is 0. The van der Waals surface area contributed by atoms with Crippen molar-refractivity contribution in [2.24, 2.45) is 0 Å². The van der Waals surface area contributed by atoms with Crippen molar-refractivity contribution >= 4 is 69.2 Å². The van der Waals surface area contributed by atoms with Gasteiger partial charge in [0, 0.05) is 128 Å². The average molecular weight is 1600 g/mol. The van der Waals surface area contributed by atoms with Gasteiger partial charge in [-0.25, -0.2) is 13.2 Å². The van der Waals surface area contributed by atoms with E-state index < -0.39 is 0 Å². The monoisotopic (exact) mass is 1590 g/mol. The molecule has 0 fully saturated rings. The maximum Gasteiger partial charge on any atom is 2.00 e. The van der Waals surface area contributed by atoms with E-state index in [4.69, 9.17) is 19.5 Å². The minimum atomic E-state index is 0. The van der Waals surface area contributed by atoms with E-state index in [0.717, 1.165) is 25.2 Å². The van der Waals surface area contributed by atoms with Crippen LogP contribution in [0.4, 0.5) is 0 Å². The summed E-state index contributed by atoms with van der Waals surface area (Å²) < 4.78 is 4.15. The van der Waals surface area contributed by atoms with Crippen LogP contribution in [0.2, 0.25) is 0 Å². The van der Waals surface area contributed by atoms with Gasteiger partial charge in [0.05, 0.1) is 6.61 Å². The van der Waals surface area contributed by atoms with Crippen molar-refractivity contribution in [1.29, 1.82) is 0 Å². The fourth-order valence-electron chi connectivity index (χ4n) is 5.77. The molecule has 9 nitrogen and oxygen atoms in total. The molecule has 0 amide bonds. The summed E-state index contributed by atoms with van der Waals surface area (Å²) in [4.78, 5) is 44.7. The summed E-state index contributed by atoms with van der Waals surface area (Å²) in [5.74, 6) is 0. The molecule has 0 heterocycles. The van der Waals surface area contributed by atoms with Crippen molar-refractivity contribution in [2.45, 2.75) is 20.5 Å². The van der Waals surface area contributed by atoms with Crippen LogP contribution in [0.5, 0.6) is 0 Å². The van der Waals surface area contributed by atoms with Gasteiger partial charge >= 0.3 is 19.5 Å². The molecule has 9 rings (SSSR count). The van der Waals surface area contributed by atoms with E-state index in [-0.39, 0.29) is 115 Å². The molecular formula is C67H70I2O9Zn5-4. The van der Waals surface area contributed by atoms with Gasteiger partial charge in [0.15, 0.2) is 0 Å². The Labute approximate surface area is 581 Å². The second kappa shape index (κ2) is 77.4. The molecule has 0 saturated heterocycles. The van der Waals surface area contributed by atoms with E-state index >= 15 is 0 Å². The molecule has 0 aromatic heterocycles. The molecule has 0 saturated carbocycles. The number of aliphatic hydroxyl groups is 1. The van der Waals surface area contributed by atoms with Crippen molar-refractivity contribution in [3.63, 3.8) is 0 Å². The molecule has 0 aliphatic carbocycles. The third kappa shape index (κ3) is 52.6. The Kier molecular flexibility index (Phi) is 90.8. The van der Waals surface area contributed by atoms with Crippen molar-refractivity contribution < 1.29 is 142 Å². The van der Waals surface area contributed by atoms with E-state index in [0.29, 0.717) is 25.1 Å². The van der Waals surface area contributed by atoms with Gasteiger partial charge in [0.1, 0.15) is 0 Å². The Morgan fingerprint density at radius 2 is 0.494 bits per heavy atom. The molecule has 83 heavy (non-hydrogen) atoms. The number of hydrogen-bond donors (Lipinski definition) is 1. The van der Waals surface area contributed by atoms with Gasteiger partial charge in [0.25, 0.3) is 0 Å². The zero-order chi connectivity index (χ0) is 56.4. The van der Waals surface area contributed by atoms with Gasteiger partial charge in [-0.15, -0.1) is 0 Å². The largest absolute Gasteiger partial charge is 2.00 e. The van der Waals surface area contributed by atoms with E-state index in [2.05, 4.69) is 257 Å². The van der Waals surface area contributed by atoms with E-state index in [1.54, 1.807) is 13.8 Å². The first kappa shape index (κ1) is 97.5. The zero-order valence-electron chi connectivity index (χ0n) is 47.4. The van der Waals surface area contributed by atoms with Gasteiger partial charge in [-0.3, -0.25) is 13.2 Å². The second-order valence-corrected chi connectivity index (χ2v) is 13.7. The van der Waals surface area contributed by atoms with Crippen LogP contribution in [0.3, 0.4) is 0 Å². The molecule has 0 atom stereocenters. The number of rotatable bonds is 11. The van der Waals surface area contributed by atoms with Gasteiger partial charge < -0.3 is 58.6 Å². The average Bonchev–Trinajstić information content (AvgIpc) is 3.56. The van der Waals surface area contributed by atoms with Crippen LogP contribution in [-0.4, -0.2) is 48.0 Å². The molecule has 0 aliphatic rings. The first-order valence-electron chi connectivity index (χ1n) is 23.4. The minimum Gasteiger partial charge on any atom is -0.669 e. The zero-order valence-corrected chi connectivity index (χ0v) is 66.6. The Hall–Kier alpha value is -4.64. The molecule has 9 aromatic rings. The number of ether oxygens (including phenoxy) is 1. The van der Waals surface area contributed by atoms with E-state index in [1.165, 1.54) is 44.5 Å². The smallest absolute Gasteiger partial charge is 0.669 e. The molecule has 420 valence electrons. The van der Waals surface area contributed by atoms with Crippen molar-refractivity contribution in [3.05, 3.63) is 312 Å². The molecule has 0 aliphatic heterocycles. The maximum absolute atomic E-state index is 9.36. The molecule has 0 bridgehead atoms. The Bertz CT molecular complexity index is 2170. The van der Waals surface area contributed by atoms with Crippen LogP contribution in [0.1, 0.15) is 19.4 Å². The summed E-state index contributed by atoms with van der Waals surface area (Å²) in [6.07, 6.45) is 2.65. The molecule has 16 heteroatoms. The van der Waals surface area contributed by atoms with Crippen LogP contribution < -0.4 is 0 Å². The standard InChI is InChI=1S/4C12H10.C7H8O.C4H4O3.C3H3O2.2C2H5.CHO.I2.2H2O.5Zn/c4*1-3-7-11(8-4-1)12-9-5-2-6-10-12;8-6-7-4-2-1-3-5-7;5-1-3-7-4-2-6;4-2-1-3-5;4*1-2;;;;;;;/h4*1-10H;1-5,8H,6H2;1-4H;1-3H;2*1H2,2H3;1H;;2*1H2;;;;;/q;;;;;-2;4*-1;;;;;;;;+2. The Balaban J connectivity index is -0.000000108. The predicted octanol–water partition coefficient (Wildman–Crippen LogP) is 15.4. The first-order chi connectivity index (χ1) is 37.6. The van der Waals surface area contributed by atoms with Gasteiger partial charge in [-0.1, -0.05) is 273 Å². The fraction of sp³-hybridized carbons (Fsp3) is 0.0448. The number of aldehydes is 4. The molecule has 0 spiro atoms. The number of carbonyl (C=O) groups excluding carboxylic acids is 5. The van der Waals surface area contributed by atoms with Gasteiger partial charge in [-0.2, -0.15) is 13.8 Å². The van der Waals surface area contributed by atoms with Crippen molar-refractivity contribution in [2.75, 3.05) is 0 Å². The molecule has 5 N–H and O–H groups in total. The predicted molar refractivity (Wildman–Crippen MR) is 342 cm³/mol. The second-order valence-electron chi connectivity index (χ2n) is 13.7. The third-order valence-corrected chi connectivity index (χ3v) is 8.97. The SMILES string of the molecule is II.O.O.O=C[CH-]C=O.O=C[CH-]O[CH-]C=O.OCc1ccccc1.[CH-]=O.[CH2-]C.[CH2-]C.[Zn+2].[Zn].[Zn].[Zn].[Zn].c1ccc(-c2ccccc2)cc1.c1ccc(-c2ccccc2)cc1.c1ccc(-c2ccccc2)cc1.c1ccc(-c2ccccc2)cc1. The van der Waals surface area contributed by atoms with E-state index in [9.17, 15) is 9.59 Å². The van der Waals surface area contributed by atoms with Crippen LogP contribution in [-0.2, 0) is 133 Å². The number of halogens is 2. The molecule has 9 aromatic carbocycles. The normalized spacial score (nSPS) is 7.65. The van der Waals surface area contributed by atoms with Crippen LogP contribution in [0, 0.1) is 33.5 Å². The Morgan fingerprint density at radius 1 is 0.349 bits per heavy atom. The summed E-state index contributed by atoms with van der Waals surface area (Å²) in [6.45, 7) is 15.1. The molecule has 0 unspecified atom stereocenters. The first-order valence-corrected chi connectivity index (χ1v) is 29.7. The van der Waals surface area contributed by atoms with Crippen molar-refractivity contribution in [3.8, 4) is 44.5 Å². The maximum atomic E-state index is 9.36. The minimum absolute atomic E-state index is 0. The third-order valence-electron chi connectivity index (χ3n) is 8.97. The van der Waals surface area contributed by atoms with E-state index in [1.807, 2.05) is 78.9 Å². The topological polar surface area (TPSA) is 178 Å². The quantitative estimate of drug-likeness (QED) is 0.0334. The number of hydrogen-bond acceptors (Lipinski definition) is 7. The number of aliphatic hydroxyl groups excluding tert-OH is 1. The number of carbonyl (C=O) groups is 4. The fourth-order valence-corrected chi connectivity index (χ4v) is 5.77. The summed E-state index contributed by atoms with van der Waals surface area (Å²) >= 11 is 4.24. The summed E-state index contributed by atoms with van der Waals surface area (Å²) in [5, 5.41) is 8.54. The van der Waals surface area contributed by atoms with Gasteiger partial charge in [-0.05, 0) is 62.6 Å². The van der Waals surface area contributed by atoms with Crippen LogP contribution in [0.25, 0.3) is 44.5 Å². The van der Waals surface area contributed by atoms with Gasteiger partial charge in [0.2, 0.25) is 0 Å². The summed E-state index contributed by atoms with van der Waals surface area (Å²) in [6, 6.07) is 92.6. The molecule has 0 radical (unpaired) electrons. The van der Waals surface area contributed by atoms with Crippen molar-refractivity contribution in [1.82, 2.24) is 0 Å². The molecular weight excluding hydrogens is 1530 g/mol.